The quantitative estimate of drug-likeness (QED) is 0.403. The monoisotopic (exact) mass is 403 g/mol. The lowest BCUT2D eigenvalue weighted by atomic mass is 10.1. The molecule has 5 heteroatoms. The molecular formula is C25H25NO4. The maximum Gasteiger partial charge on any atom is 0.338 e. The zero-order valence-corrected chi connectivity index (χ0v) is 17.0. The summed E-state index contributed by atoms with van der Waals surface area (Å²) >= 11 is 0. The average molecular weight is 403 g/mol. The second-order valence-electron chi connectivity index (χ2n) is 6.88. The van der Waals surface area contributed by atoms with Gasteiger partial charge in [-0.2, -0.15) is 0 Å². The standard InChI is InChI=1S/C25H25NO4/c1-19(27)26-23-15-14-21(24(17-23)30-18-20-9-4-2-5-10-20)13-8-16-29-25(28)22-11-6-3-7-12-22/h2-7,9-12,14-15,17H,8,13,16,18H2,1H3,(H,26,27). The van der Waals surface area contributed by atoms with Crippen LogP contribution < -0.4 is 10.1 Å². The number of carbonyl (C=O) groups excluding carboxylic acids is 2. The number of esters is 1. The molecule has 0 heterocycles. The summed E-state index contributed by atoms with van der Waals surface area (Å²) in [7, 11) is 0. The molecule has 0 aliphatic carbocycles. The lowest BCUT2D eigenvalue weighted by molar-refractivity contribution is -0.114. The summed E-state index contributed by atoms with van der Waals surface area (Å²) < 4.78 is 11.4. The molecule has 0 unspecified atom stereocenters. The van der Waals surface area contributed by atoms with E-state index in [0.717, 1.165) is 11.1 Å². The number of ether oxygens (including phenoxy) is 2. The van der Waals surface area contributed by atoms with Crippen molar-refractivity contribution >= 4 is 17.6 Å². The highest BCUT2D eigenvalue weighted by atomic mass is 16.5. The van der Waals surface area contributed by atoms with Gasteiger partial charge in [-0.1, -0.05) is 54.6 Å². The van der Waals surface area contributed by atoms with Crippen LogP contribution in [-0.2, 0) is 22.6 Å². The molecule has 30 heavy (non-hydrogen) atoms. The summed E-state index contributed by atoms with van der Waals surface area (Å²) in [5.41, 5.74) is 3.29. The van der Waals surface area contributed by atoms with Crippen molar-refractivity contribution in [3.8, 4) is 5.75 Å². The van der Waals surface area contributed by atoms with Crippen LogP contribution in [0.4, 0.5) is 5.69 Å². The van der Waals surface area contributed by atoms with Crippen LogP contribution in [0.5, 0.6) is 5.75 Å². The van der Waals surface area contributed by atoms with Crippen molar-refractivity contribution in [2.24, 2.45) is 0 Å². The molecule has 3 rings (SSSR count). The maximum absolute atomic E-state index is 12.0. The first kappa shape index (κ1) is 21.1. The minimum Gasteiger partial charge on any atom is -0.489 e. The van der Waals surface area contributed by atoms with Crippen LogP contribution in [0.3, 0.4) is 0 Å². The Hall–Kier alpha value is -3.60. The lowest BCUT2D eigenvalue weighted by Crippen LogP contribution is -2.08. The topological polar surface area (TPSA) is 64.6 Å². The Morgan fingerprint density at radius 3 is 2.30 bits per heavy atom. The minimum atomic E-state index is -0.322. The highest BCUT2D eigenvalue weighted by Crippen LogP contribution is 2.26. The Morgan fingerprint density at radius 1 is 0.900 bits per heavy atom. The van der Waals surface area contributed by atoms with Crippen LogP contribution in [-0.4, -0.2) is 18.5 Å². The number of aryl methyl sites for hydroxylation is 1. The van der Waals surface area contributed by atoms with Gasteiger partial charge in [-0.3, -0.25) is 4.79 Å². The van der Waals surface area contributed by atoms with Crippen LogP contribution in [0, 0.1) is 0 Å². The van der Waals surface area contributed by atoms with Crippen LogP contribution in [0.2, 0.25) is 0 Å². The molecule has 0 atom stereocenters. The van der Waals surface area contributed by atoms with E-state index in [4.69, 9.17) is 9.47 Å². The zero-order valence-electron chi connectivity index (χ0n) is 17.0. The average Bonchev–Trinajstić information content (AvgIpc) is 2.77. The first-order chi connectivity index (χ1) is 14.6. The molecule has 3 aromatic carbocycles. The Bertz CT molecular complexity index is 971. The summed E-state index contributed by atoms with van der Waals surface area (Å²) in [5, 5.41) is 2.78. The molecule has 0 bridgehead atoms. The fraction of sp³-hybridized carbons (Fsp3) is 0.200. The van der Waals surface area contributed by atoms with Crippen LogP contribution in [0.1, 0.15) is 34.8 Å². The molecule has 1 amide bonds. The Morgan fingerprint density at radius 2 is 1.60 bits per heavy atom. The molecule has 0 fully saturated rings. The molecule has 0 aliphatic heterocycles. The third-order valence-corrected chi connectivity index (χ3v) is 4.46. The number of benzene rings is 3. The number of carbonyl (C=O) groups is 2. The summed E-state index contributed by atoms with van der Waals surface area (Å²) in [6, 6.07) is 24.5. The SMILES string of the molecule is CC(=O)Nc1ccc(CCCOC(=O)c2ccccc2)c(OCc2ccccc2)c1. The highest BCUT2D eigenvalue weighted by molar-refractivity contribution is 5.89. The summed E-state index contributed by atoms with van der Waals surface area (Å²) in [5.74, 6) is 0.251. The fourth-order valence-corrected chi connectivity index (χ4v) is 3.00. The Labute approximate surface area is 176 Å². The fourth-order valence-electron chi connectivity index (χ4n) is 3.00. The predicted octanol–water partition coefficient (Wildman–Crippen LogP) is 5.01. The number of hydrogen-bond acceptors (Lipinski definition) is 4. The molecule has 0 spiro atoms. The smallest absolute Gasteiger partial charge is 0.338 e. The van der Waals surface area contributed by atoms with Gasteiger partial charge in [0.05, 0.1) is 12.2 Å². The molecule has 3 aromatic rings. The van der Waals surface area contributed by atoms with Crippen molar-refractivity contribution in [3.05, 3.63) is 95.6 Å². The summed E-state index contributed by atoms with van der Waals surface area (Å²) in [6.07, 6.45) is 1.35. The molecule has 0 radical (unpaired) electrons. The van der Waals surface area contributed by atoms with E-state index in [0.29, 0.717) is 43.1 Å². The van der Waals surface area contributed by atoms with E-state index in [1.54, 1.807) is 12.1 Å². The number of rotatable bonds is 9. The first-order valence-electron chi connectivity index (χ1n) is 9.91. The number of anilines is 1. The minimum absolute atomic E-state index is 0.135. The van der Waals surface area contributed by atoms with E-state index in [2.05, 4.69) is 5.32 Å². The second kappa shape index (κ2) is 10.8. The predicted molar refractivity (Wildman–Crippen MR) is 117 cm³/mol. The molecule has 0 aliphatic rings. The summed E-state index contributed by atoms with van der Waals surface area (Å²) in [6.45, 7) is 2.22. The van der Waals surface area contributed by atoms with E-state index < -0.39 is 0 Å². The molecule has 0 aromatic heterocycles. The first-order valence-corrected chi connectivity index (χ1v) is 9.91. The molecule has 5 nitrogen and oxygen atoms in total. The number of hydrogen-bond donors (Lipinski definition) is 1. The Kier molecular flexibility index (Phi) is 7.61. The van der Waals surface area contributed by atoms with Crippen LogP contribution in [0.15, 0.2) is 78.9 Å². The van der Waals surface area contributed by atoms with Gasteiger partial charge in [0.2, 0.25) is 5.91 Å². The van der Waals surface area contributed by atoms with E-state index in [1.807, 2.05) is 66.7 Å². The van der Waals surface area contributed by atoms with Crippen molar-refractivity contribution in [2.75, 3.05) is 11.9 Å². The van der Waals surface area contributed by atoms with Crippen molar-refractivity contribution in [1.29, 1.82) is 0 Å². The van der Waals surface area contributed by atoms with E-state index in [-0.39, 0.29) is 11.9 Å². The van der Waals surface area contributed by atoms with Gasteiger partial charge in [0.25, 0.3) is 0 Å². The maximum atomic E-state index is 12.0. The van der Waals surface area contributed by atoms with Crippen molar-refractivity contribution in [2.45, 2.75) is 26.4 Å². The molecular weight excluding hydrogens is 378 g/mol. The van der Waals surface area contributed by atoms with Gasteiger partial charge in [-0.05, 0) is 42.2 Å². The van der Waals surface area contributed by atoms with Crippen LogP contribution >= 0.6 is 0 Å². The third-order valence-electron chi connectivity index (χ3n) is 4.46. The van der Waals surface area contributed by atoms with Gasteiger partial charge in [0, 0.05) is 18.7 Å². The van der Waals surface area contributed by atoms with E-state index in [1.165, 1.54) is 6.92 Å². The van der Waals surface area contributed by atoms with Crippen LogP contribution in [0.25, 0.3) is 0 Å². The lowest BCUT2D eigenvalue weighted by Gasteiger charge is -2.14. The third kappa shape index (κ3) is 6.48. The number of nitrogens with one attached hydrogen (secondary N) is 1. The molecule has 0 saturated carbocycles. The zero-order chi connectivity index (χ0) is 21.2. The normalized spacial score (nSPS) is 10.3. The van der Waals surface area contributed by atoms with E-state index >= 15 is 0 Å². The largest absolute Gasteiger partial charge is 0.489 e. The second-order valence-corrected chi connectivity index (χ2v) is 6.88. The van der Waals surface area contributed by atoms with Crippen molar-refractivity contribution in [1.82, 2.24) is 0 Å². The van der Waals surface area contributed by atoms with Gasteiger partial charge in [-0.25, -0.2) is 4.79 Å². The number of amides is 1. The molecule has 0 saturated heterocycles. The van der Waals surface area contributed by atoms with E-state index in [9.17, 15) is 9.59 Å². The van der Waals surface area contributed by atoms with Gasteiger partial charge >= 0.3 is 5.97 Å². The molecule has 1 N–H and O–H groups in total. The van der Waals surface area contributed by atoms with Gasteiger partial charge in [0.1, 0.15) is 12.4 Å². The van der Waals surface area contributed by atoms with Gasteiger partial charge in [0.15, 0.2) is 0 Å². The molecule has 154 valence electrons. The highest BCUT2D eigenvalue weighted by Gasteiger charge is 2.09. The van der Waals surface area contributed by atoms with Gasteiger partial charge in [-0.15, -0.1) is 0 Å². The van der Waals surface area contributed by atoms with Crippen molar-refractivity contribution < 1.29 is 19.1 Å². The Balaban J connectivity index is 1.60. The summed E-state index contributed by atoms with van der Waals surface area (Å²) in [4.78, 5) is 23.4. The van der Waals surface area contributed by atoms with Crippen molar-refractivity contribution in [3.63, 3.8) is 0 Å². The van der Waals surface area contributed by atoms with Gasteiger partial charge < -0.3 is 14.8 Å².